The molecule has 236 valence electrons. The van der Waals surface area contributed by atoms with Gasteiger partial charge in [0.15, 0.2) is 17.5 Å². The van der Waals surface area contributed by atoms with Crippen LogP contribution >= 0.6 is 0 Å². The lowest BCUT2D eigenvalue weighted by Gasteiger charge is -2.41. The van der Waals surface area contributed by atoms with Crippen molar-refractivity contribution in [3.63, 3.8) is 0 Å². The molecule has 7 aromatic rings. The van der Waals surface area contributed by atoms with Crippen molar-refractivity contribution in [2.45, 2.75) is 18.3 Å². The molecule has 0 fully saturated rings. The first kappa shape index (κ1) is 28.6. The lowest BCUT2D eigenvalue weighted by atomic mass is 9.63. The summed E-state index contributed by atoms with van der Waals surface area (Å²) in [7, 11) is 0. The van der Waals surface area contributed by atoms with Crippen molar-refractivity contribution in [3.8, 4) is 56.8 Å². The molecule has 3 aliphatic rings. The number of rotatable bonds is 4. The fourth-order valence-electron chi connectivity index (χ4n) is 8.25. The molecule has 0 amide bonds. The van der Waals surface area contributed by atoms with E-state index in [0.29, 0.717) is 17.5 Å². The Labute approximate surface area is 291 Å². The van der Waals surface area contributed by atoms with Crippen LogP contribution in [0.15, 0.2) is 169 Å². The van der Waals surface area contributed by atoms with E-state index in [2.05, 4.69) is 103 Å². The standard InChI is InChI=1S/C46H31N3O/c1-3-16-30(17-4-1)43-47-44(31-18-5-2-6-19-31)49-45(48-43)36-23-8-7-20-32(36)35-24-15-28-40-42(35)50-41-29-14-13-27-39(41)46(40)37-25-11-9-21-33(37)34-22-10-12-26-38(34)46/h1-11,13-25,27-29H,12,26H2. The number of allylic oxidation sites excluding steroid dienone is 4. The molecule has 1 aromatic heterocycles. The van der Waals surface area contributed by atoms with Crippen LogP contribution in [0.1, 0.15) is 35.1 Å². The maximum Gasteiger partial charge on any atom is 0.164 e. The van der Waals surface area contributed by atoms with Crippen LogP contribution in [0, 0.1) is 0 Å². The largest absolute Gasteiger partial charge is 0.456 e. The van der Waals surface area contributed by atoms with Gasteiger partial charge in [0.25, 0.3) is 0 Å². The van der Waals surface area contributed by atoms with E-state index in [-0.39, 0.29) is 0 Å². The molecular formula is C46H31N3O. The van der Waals surface area contributed by atoms with Crippen molar-refractivity contribution in [3.05, 3.63) is 192 Å². The van der Waals surface area contributed by atoms with Crippen LogP contribution in [0.25, 0.3) is 50.9 Å². The summed E-state index contributed by atoms with van der Waals surface area (Å²) in [6.07, 6.45) is 6.65. The van der Waals surface area contributed by atoms with Gasteiger partial charge in [-0.1, -0.05) is 158 Å². The van der Waals surface area contributed by atoms with Gasteiger partial charge in [0.2, 0.25) is 0 Å². The normalized spacial score (nSPS) is 16.7. The van der Waals surface area contributed by atoms with Gasteiger partial charge in [-0.3, -0.25) is 0 Å². The van der Waals surface area contributed by atoms with Crippen LogP contribution in [0.5, 0.6) is 11.5 Å². The van der Waals surface area contributed by atoms with Gasteiger partial charge in [-0.2, -0.15) is 0 Å². The van der Waals surface area contributed by atoms with E-state index in [4.69, 9.17) is 19.7 Å². The fraction of sp³-hybridized carbons (Fsp3) is 0.0652. The van der Waals surface area contributed by atoms with Crippen LogP contribution in [0.2, 0.25) is 0 Å². The van der Waals surface area contributed by atoms with Crippen molar-refractivity contribution in [1.29, 1.82) is 0 Å². The van der Waals surface area contributed by atoms with Gasteiger partial charge < -0.3 is 4.74 Å². The molecule has 6 aromatic carbocycles. The third-order valence-electron chi connectivity index (χ3n) is 10.3. The molecule has 1 aliphatic heterocycles. The Balaban J connectivity index is 1.23. The maximum atomic E-state index is 7.03. The van der Waals surface area contributed by atoms with Gasteiger partial charge >= 0.3 is 0 Å². The van der Waals surface area contributed by atoms with E-state index >= 15 is 0 Å². The summed E-state index contributed by atoms with van der Waals surface area (Å²) in [4.78, 5) is 15.2. The minimum Gasteiger partial charge on any atom is -0.456 e. The Hall–Kier alpha value is -6.39. The number of nitrogens with zero attached hydrogens (tertiary/aromatic N) is 3. The molecule has 2 aliphatic carbocycles. The average molecular weight is 642 g/mol. The van der Waals surface area contributed by atoms with Crippen LogP contribution < -0.4 is 4.74 Å². The highest BCUT2D eigenvalue weighted by atomic mass is 16.5. The lowest BCUT2D eigenvalue weighted by Crippen LogP contribution is -2.33. The molecule has 10 rings (SSSR count). The molecule has 0 saturated heterocycles. The summed E-state index contributed by atoms with van der Waals surface area (Å²) in [5, 5.41) is 0. The number of fused-ring (bicyclic) bond motifs is 8. The van der Waals surface area contributed by atoms with E-state index in [1.807, 2.05) is 60.7 Å². The van der Waals surface area contributed by atoms with E-state index in [1.165, 1.54) is 33.4 Å². The van der Waals surface area contributed by atoms with E-state index < -0.39 is 5.41 Å². The molecule has 4 nitrogen and oxygen atoms in total. The summed E-state index contributed by atoms with van der Waals surface area (Å²) < 4.78 is 7.03. The molecule has 1 spiro atoms. The molecule has 0 bridgehead atoms. The number of benzene rings is 6. The number of hydrogen-bond acceptors (Lipinski definition) is 4. The molecule has 1 unspecified atom stereocenters. The summed E-state index contributed by atoms with van der Waals surface area (Å²) in [5.41, 5.74) is 12.1. The number of ether oxygens (including phenoxy) is 1. The van der Waals surface area contributed by atoms with Crippen molar-refractivity contribution < 1.29 is 4.74 Å². The molecule has 0 radical (unpaired) electrons. The van der Waals surface area contributed by atoms with Crippen LogP contribution in [-0.2, 0) is 5.41 Å². The van der Waals surface area contributed by atoms with Crippen molar-refractivity contribution in [1.82, 2.24) is 15.0 Å². The van der Waals surface area contributed by atoms with Gasteiger partial charge in [-0.25, -0.2) is 15.0 Å². The van der Waals surface area contributed by atoms with Crippen molar-refractivity contribution >= 4 is 5.57 Å². The van der Waals surface area contributed by atoms with Gasteiger partial charge in [-0.05, 0) is 46.7 Å². The van der Waals surface area contributed by atoms with Gasteiger partial charge in [-0.15, -0.1) is 0 Å². The number of aromatic nitrogens is 3. The Morgan fingerprint density at radius 1 is 0.460 bits per heavy atom. The average Bonchev–Trinajstić information content (AvgIpc) is 3.49. The van der Waals surface area contributed by atoms with E-state index in [9.17, 15) is 0 Å². The van der Waals surface area contributed by atoms with Gasteiger partial charge in [0.1, 0.15) is 11.5 Å². The first-order valence-corrected chi connectivity index (χ1v) is 17.2. The third-order valence-corrected chi connectivity index (χ3v) is 10.3. The third kappa shape index (κ3) is 4.21. The van der Waals surface area contributed by atoms with Crippen molar-refractivity contribution in [2.75, 3.05) is 0 Å². The zero-order valence-corrected chi connectivity index (χ0v) is 27.3. The Morgan fingerprint density at radius 2 is 1.02 bits per heavy atom. The quantitative estimate of drug-likeness (QED) is 0.192. The second-order valence-corrected chi connectivity index (χ2v) is 13.0. The predicted octanol–water partition coefficient (Wildman–Crippen LogP) is 11.1. The lowest BCUT2D eigenvalue weighted by molar-refractivity contribution is 0.433. The monoisotopic (exact) mass is 641 g/mol. The second-order valence-electron chi connectivity index (χ2n) is 13.0. The molecule has 0 saturated carbocycles. The second kappa shape index (κ2) is 11.4. The van der Waals surface area contributed by atoms with Crippen LogP contribution in [0.3, 0.4) is 0 Å². The zero-order valence-electron chi connectivity index (χ0n) is 27.3. The molecular weight excluding hydrogens is 611 g/mol. The van der Waals surface area contributed by atoms with Crippen molar-refractivity contribution in [2.24, 2.45) is 0 Å². The first-order chi connectivity index (χ1) is 24.8. The van der Waals surface area contributed by atoms with Crippen LogP contribution in [-0.4, -0.2) is 15.0 Å². The number of para-hydroxylation sites is 2. The Morgan fingerprint density at radius 3 is 1.76 bits per heavy atom. The van der Waals surface area contributed by atoms with E-state index in [1.54, 1.807) is 0 Å². The Bertz CT molecular complexity index is 2460. The predicted molar refractivity (Wildman–Crippen MR) is 200 cm³/mol. The Kier molecular flexibility index (Phi) is 6.50. The summed E-state index contributed by atoms with van der Waals surface area (Å²) >= 11 is 0. The molecule has 1 atom stereocenters. The molecule has 4 heteroatoms. The minimum atomic E-state index is -0.458. The van der Waals surface area contributed by atoms with Crippen LogP contribution in [0.4, 0.5) is 0 Å². The summed E-state index contributed by atoms with van der Waals surface area (Å²) in [5.74, 6) is 3.65. The number of hydrogen-bond donors (Lipinski definition) is 0. The highest BCUT2D eigenvalue weighted by Gasteiger charge is 2.52. The smallest absolute Gasteiger partial charge is 0.164 e. The highest BCUT2D eigenvalue weighted by Crippen LogP contribution is 2.64. The topological polar surface area (TPSA) is 47.9 Å². The molecule has 50 heavy (non-hydrogen) atoms. The minimum absolute atomic E-state index is 0.458. The van der Waals surface area contributed by atoms with Gasteiger partial charge in [0, 0.05) is 33.4 Å². The molecule has 2 heterocycles. The highest BCUT2D eigenvalue weighted by molar-refractivity contribution is 5.94. The SMILES string of the molecule is C1=CC2=C(CC1)C1(c3ccccc3Oc3c(-c4ccccc4-c4nc(-c5ccccc5)nc(-c5ccccc5)n4)cccc31)c1ccccc12. The molecule has 0 N–H and O–H groups in total. The maximum absolute atomic E-state index is 7.03. The van der Waals surface area contributed by atoms with Gasteiger partial charge in [0.05, 0.1) is 5.41 Å². The first-order valence-electron chi connectivity index (χ1n) is 17.2. The summed E-state index contributed by atoms with van der Waals surface area (Å²) in [6.45, 7) is 0. The summed E-state index contributed by atoms with van der Waals surface area (Å²) in [6, 6.07) is 52.8. The van der Waals surface area contributed by atoms with E-state index in [0.717, 1.165) is 52.2 Å². The fourth-order valence-corrected chi connectivity index (χ4v) is 8.25. The zero-order chi connectivity index (χ0) is 33.1.